The van der Waals surface area contributed by atoms with Crippen molar-refractivity contribution in [3.8, 4) is 0 Å². The fraction of sp³-hybridized carbons (Fsp3) is 0.579. The summed E-state index contributed by atoms with van der Waals surface area (Å²) in [5, 5.41) is 3.43. The first kappa shape index (κ1) is 19.5. The number of thiophene rings is 1. The van der Waals surface area contributed by atoms with Crippen molar-refractivity contribution >= 4 is 33.4 Å². The number of carbonyl (C=O) groups excluding carboxylic acids is 2. The summed E-state index contributed by atoms with van der Waals surface area (Å²) in [5.41, 5.74) is 0.248. The summed E-state index contributed by atoms with van der Waals surface area (Å²) >= 11 is 1.14. The van der Waals surface area contributed by atoms with E-state index >= 15 is 0 Å². The monoisotopic (exact) mass is 391 g/mol. The Bertz CT molecular complexity index is 918. The zero-order valence-electron chi connectivity index (χ0n) is 15.9. The van der Waals surface area contributed by atoms with Crippen molar-refractivity contribution in [3.05, 3.63) is 27.1 Å². The Morgan fingerprint density at radius 3 is 2.81 bits per heavy atom. The molecule has 1 amide bonds. The van der Waals surface area contributed by atoms with Crippen LogP contribution in [0, 0.1) is 12.8 Å². The lowest BCUT2D eigenvalue weighted by Crippen LogP contribution is -2.43. The molecule has 2 aromatic heterocycles. The molecule has 0 unspecified atom stereocenters. The average Bonchev–Trinajstić information content (AvgIpc) is 2.97. The number of ether oxygens (including phenoxy) is 1. The van der Waals surface area contributed by atoms with Gasteiger partial charge in [-0.2, -0.15) is 0 Å². The SMILES string of the molecule is CCOC(=O)c1sc2ncn(CC(=O)N[C@H]3CCCC[C@H]3C)c(=O)c2c1C. The van der Waals surface area contributed by atoms with Gasteiger partial charge >= 0.3 is 5.97 Å². The van der Waals surface area contributed by atoms with Crippen LogP contribution in [0.15, 0.2) is 11.1 Å². The number of esters is 1. The number of amides is 1. The van der Waals surface area contributed by atoms with Crippen LogP contribution in [0.1, 0.15) is 54.8 Å². The molecule has 1 N–H and O–H groups in total. The van der Waals surface area contributed by atoms with E-state index in [1.165, 1.54) is 17.3 Å². The number of nitrogens with one attached hydrogen (secondary N) is 1. The highest BCUT2D eigenvalue weighted by molar-refractivity contribution is 7.20. The highest BCUT2D eigenvalue weighted by Crippen LogP contribution is 2.27. The topological polar surface area (TPSA) is 90.3 Å². The van der Waals surface area contributed by atoms with Gasteiger partial charge in [-0.3, -0.25) is 14.2 Å². The molecule has 0 aliphatic heterocycles. The lowest BCUT2D eigenvalue weighted by molar-refractivity contribution is -0.123. The molecule has 1 fully saturated rings. The Kier molecular flexibility index (Phi) is 5.94. The molecule has 0 radical (unpaired) electrons. The molecule has 146 valence electrons. The lowest BCUT2D eigenvalue weighted by atomic mass is 9.86. The molecule has 1 aliphatic rings. The van der Waals surface area contributed by atoms with Gasteiger partial charge in [0.25, 0.3) is 5.56 Å². The van der Waals surface area contributed by atoms with Crippen molar-refractivity contribution < 1.29 is 14.3 Å². The summed E-state index contributed by atoms with van der Waals surface area (Å²) in [5.74, 6) is -0.185. The predicted octanol–water partition coefficient (Wildman–Crippen LogP) is 2.64. The quantitative estimate of drug-likeness (QED) is 0.792. The predicted molar refractivity (Wildman–Crippen MR) is 104 cm³/mol. The minimum absolute atomic E-state index is 0.0744. The van der Waals surface area contributed by atoms with Gasteiger partial charge in [-0.25, -0.2) is 9.78 Å². The third-order valence-corrected chi connectivity index (χ3v) is 6.33. The molecule has 0 bridgehead atoms. The number of hydrogen-bond acceptors (Lipinski definition) is 6. The van der Waals surface area contributed by atoms with Crippen LogP contribution in [-0.2, 0) is 16.1 Å². The fourth-order valence-electron chi connectivity index (χ4n) is 3.60. The van der Waals surface area contributed by atoms with E-state index in [-0.39, 0.29) is 30.7 Å². The van der Waals surface area contributed by atoms with Crippen molar-refractivity contribution in [2.24, 2.45) is 5.92 Å². The van der Waals surface area contributed by atoms with Crippen molar-refractivity contribution in [2.45, 2.75) is 59.0 Å². The summed E-state index contributed by atoms with van der Waals surface area (Å²) < 4.78 is 6.34. The molecule has 1 aliphatic carbocycles. The van der Waals surface area contributed by atoms with Gasteiger partial charge in [-0.15, -0.1) is 11.3 Å². The molecule has 3 rings (SSSR count). The van der Waals surface area contributed by atoms with E-state index in [4.69, 9.17) is 4.74 Å². The normalized spacial score (nSPS) is 19.8. The Balaban J connectivity index is 1.82. The third kappa shape index (κ3) is 4.05. The van der Waals surface area contributed by atoms with E-state index in [1.54, 1.807) is 13.8 Å². The Morgan fingerprint density at radius 1 is 1.37 bits per heavy atom. The zero-order chi connectivity index (χ0) is 19.6. The van der Waals surface area contributed by atoms with Gasteiger partial charge in [0.15, 0.2) is 0 Å². The molecule has 2 atom stereocenters. The summed E-state index contributed by atoms with van der Waals surface area (Å²) in [6.07, 6.45) is 5.79. The molecule has 7 nitrogen and oxygen atoms in total. The van der Waals surface area contributed by atoms with Gasteiger partial charge < -0.3 is 10.1 Å². The minimum Gasteiger partial charge on any atom is -0.462 e. The van der Waals surface area contributed by atoms with Gasteiger partial charge in [0.2, 0.25) is 5.91 Å². The number of hydrogen-bond donors (Lipinski definition) is 1. The highest BCUT2D eigenvalue weighted by Gasteiger charge is 2.24. The van der Waals surface area contributed by atoms with Gasteiger partial charge in [-0.05, 0) is 38.2 Å². The maximum Gasteiger partial charge on any atom is 0.348 e. The number of fused-ring (bicyclic) bond motifs is 1. The van der Waals surface area contributed by atoms with E-state index in [1.807, 2.05) is 0 Å². The Morgan fingerprint density at radius 2 is 2.11 bits per heavy atom. The molecule has 0 spiro atoms. The van der Waals surface area contributed by atoms with E-state index in [9.17, 15) is 14.4 Å². The van der Waals surface area contributed by atoms with Crippen LogP contribution < -0.4 is 10.9 Å². The second-order valence-electron chi connectivity index (χ2n) is 7.07. The second kappa shape index (κ2) is 8.21. The fourth-order valence-corrected chi connectivity index (χ4v) is 4.63. The molecular formula is C19H25N3O4S. The van der Waals surface area contributed by atoms with Crippen LogP contribution in [0.2, 0.25) is 0 Å². The second-order valence-corrected chi connectivity index (χ2v) is 8.07. The van der Waals surface area contributed by atoms with Crippen LogP contribution in [0.25, 0.3) is 10.2 Å². The largest absolute Gasteiger partial charge is 0.462 e. The molecule has 2 heterocycles. The minimum atomic E-state index is -0.451. The van der Waals surface area contributed by atoms with Gasteiger partial charge in [0.1, 0.15) is 16.3 Å². The first-order valence-corrected chi connectivity index (χ1v) is 10.2. The average molecular weight is 391 g/mol. The number of aromatic nitrogens is 2. The van der Waals surface area contributed by atoms with Gasteiger partial charge in [-0.1, -0.05) is 19.8 Å². The maximum atomic E-state index is 12.8. The van der Waals surface area contributed by atoms with Crippen molar-refractivity contribution in [2.75, 3.05) is 6.61 Å². The van der Waals surface area contributed by atoms with Gasteiger partial charge in [0, 0.05) is 6.04 Å². The maximum absolute atomic E-state index is 12.8. The van der Waals surface area contributed by atoms with E-state index < -0.39 is 5.97 Å². The zero-order valence-corrected chi connectivity index (χ0v) is 16.7. The summed E-state index contributed by atoms with van der Waals surface area (Å²) in [7, 11) is 0. The number of aryl methyl sites for hydroxylation is 1. The molecule has 8 heteroatoms. The lowest BCUT2D eigenvalue weighted by Gasteiger charge is -2.29. The van der Waals surface area contributed by atoms with Crippen LogP contribution >= 0.6 is 11.3 Å². The van der Waals surface area contributed by atoms with Crippen LogP contribution in [0.5, 0.6) is 0 Å². The first-order valence-electron chi connectivity index (χ1n) is 9.37. The molecule has 0 saturated heterocycles. The van der Waals surface area contributed by atoms with E-state index in [0.717, 1.165) is 30.6 Å². The molecule has 27 heavy (non-hydrogen) atoms. The van der Waals surface area contributed by atoms with E-state index in [2.05, 4.69) is 17.2 Å². The van der Waals surface area contributed by atoms with Crippen LogP contribution in [0.4, 0.5) is 0 Å². The van der Waals surface area contributed by atoms with E-state index in [0.29, 0.717) is 26.6 Å². The van der Waals surface area contributed by atoms with Crippen molar-refractivity contribution in [3.63, 3.8) is 0 Å². The summed E-state index contributed by atoms with van der Waals surface area (Å²) in [4.78, 5) is 42.5. The smallest absolute Gasteiger partial charge is 0.348 e. The Labute approximate surface area is 161 Å². The van der Waals surface area contributed by atoms with Crippen LogP contribution in [0.3, 0.4) is 0 Å². The third-order valence-electron chi connectivity index (χ3n) is 5.15. The first-order chi connectivity index (χ1) is 12.9. The highest BCUT2D eigenvalue weighted by atomic mass is 32.1. The molecule has 0 aromatic carbocycles. The standard InChI is InChI=1S/C19H25N3O4S/c1-4-26-19(25)16-12(3)15-17(27-16)20-10-22(18(15)24)9-14(23)21-13-8-6-5-7-11(13)2/h10-11,13H,4-9H2,1-3H3,(H,21,23)/t11-,13+/m1/s1. The van der Waals surface area contributed by atoms with Crippen LogP contribution in [-0.4, -0.2) is 34.1 Å². The molecule has 2 aromatic rings. The Hall–Kier alpha value is -2.22. The van der Waals surface area contributed by atoms with Crippen molar-refractivity contribution in [1.29, 1.82) is 0 Å². The van der Waals surface area contributed by atoms with Crippen molar-refractivity contribution in [1.82, 2.24) is 14.9 Å². The van der Waals surface area contributed by atoms with Gasteiger partial charge in [0.05, 0.1) is 18.3 Å². The number of carbonyl (C=O) groups is 2. The molecular weight excluding hydrogens is 366 g/mol. The molecule has 1 saturated carbocycles. The number of rotatable bonds is 5. The summed E-state index contributed by atoms with van der Waals surface area (Å²) in [6.45, 7) is 5.79. The number of nitrogens with zero attached hydrogens (tertiary/aromatic N) is 2. The summed E-state index contributed by atoms with van der Waals surface area (Å²) in [6, 6.07) is 0.164.